The molecule has 1 N–H and O–H groups in total. The lowest BCUT2D eigenvalue weighted by molar-refractivity contribution is 0.287. The minimum atomic E-state index is 0.292. The quantitative estimate of drug-likeness (QED) is 0.875. The van der Waals surface area contributed by atoms with Crippen molar-refractivity contribution in [2.24, 2.45) is 0 Å². The molecule has 0 aliphatic carbocycles. The third-order valence-electron chi connectivity index (χ3n) is 3.07. The van der Waals surface area contributed by atoms with Crippen LogP contribution in [-0.2, 0) is 6.61 Å². The molecule has 2 aromatic rings. The maximum Gasteiger partial charge on any atom is 0.161 e. The van der Waals surface area contributed by atoms with Gasteiger partial charge in [0.2, 0.25) is 0 Å². The number of hydrogen-bond acceptors (Lipinski definition) is 4. The largest absolute Gasteiger partial charge is 0.493 e. The van der Waals surface area contributed by atoms with Crippen LogP contribution in [0.25, 0.3) is 0 Å². The van der Waals surface area contributed by atoms with E-state index in [1.165, 1.54) is 10.4 Å². The van der Waals surface area contributed by atoms with Crippen LogP contribution in [0.3, 0.4) is 0 Å². The Labute approximate surface area is 118 Å². The van der Waals surface area contributed by atoms with E-state index < -0.39 is 0 Å². The summed E-state index contributed by atoms with van der Waals surface area (Å²) in [6, 6.07) is 10.4. The van der Waals surface area contributed by atoms with Gasteiger partial charge < -0.3 is 14.8 Å². The zero-order valence-electron chi connectivity index (χ0n) is 11.5. The second kappa shape index (κ2) is 6.59. The van der Waals surface area contributed by atoms with Gasteiger partial charge in [0.1, 0.15) is 6.61 Å². The summed E-state index contributed by atoms with van der Waals surface area (Å²) in [5.41, 5.74) is 1.18. The highest BCUT2D eigenvalue weighted by molar-refractivity contribution is 7.09. The molecular formula is C15H19NO2S. The number of ether oxygens (including phenoxy) is 2. The van der Waals surface area contributed by atoms with Crippen molar-refractivity contribution in [2.75, 3.05) is 14.2 Å². The zero-order valence-corrected chi connectivity index (χ0v) is 12.3. The Morgan fingerprint density at radius 2 is 2.11 bits per heavy atom. The van der Waals surface area contributed by atoms with Crippen LogP contribution in [0, 0.1) is 0 Å². The fourth-order valence-electron chi connectivity index (χ4n) is 1.78. The summed E-state index contributed by atoms with van der Waals surface area (Å²) in [7, 11) is 3.61. The molecule has 0 aliphatic rings. The van der Waals surface area contributed by atoms with Gasteiger partial charge >= 0.3 is 0 Å². The summed E-state index contributed by atoms with van der Waals surface area (Å²) in [6.45, 7) is 2.69. The summed E-state index contributed by atoms with van der Waals surface area (Å²) in [5.74, 6) is 1.55. The number of rotatable bonds is 6. The van der Waals surface area contributed by atoms with E-state index in [-0.39, 0.29) is 0 Å². The molecule has 0 saturated heterocycles. The molecule has 102 valence electrons. The highest BCUT2D eigenvalue weighted by atomic mass is 32.1. The molecule has 0 saturated carbocycles. The molecule has 1 aromatic carbocycles. The van der Waals surface area contributed by atoms with E-state index in [2.05, 4.69) is 24.4 Å². The van der Waals surface area contributed by atoms with Crippen LogP contribution in [-0.4, -0.2) is 14.2 Å². The number of benzene rings is 1. The van der Waals surface area contributed by atoms with Gasteiger partial charge in [-0.25, -0.2) is 0 Å². The fraction of sp³-hybridized carbons (Fsp3) is 0.333. The van der Waals surface area contributed by atoms with Crippen LogP contribution in [0.5, 0.6) is 11.5 Å². The Morgan fingerprint density at radius 3 is 2.74 bits per heavy atom. The standard InChI is InChI=1S/C15H19NO2S/c1-11(16-2)12-6-7-14(15(9-12)17-3)18-10-13-5-4-8-19-13/h4-9,11,16H,10H2,1-3H3. The highest BCUT2D eigenvalue weighted by Gasteiger charge is 2.09. The smallest absolute Gasteiger partial charge is 0.161 e. The average Bonchev–Trinajstić information content (AvgIpc) is 2.97. The Bertz CT molecular complexity index is 511. The van der Waals surface area contributed by atoms with Crippen LogP contribution in [0.2, 0.25) is 0 Å². The Morgan fingerprint density at radius 1 is 1.26 bits per heavy atom. The van der Waals surface area contributed by atoms with Crippen molar-refractivity contribution in [3.05, 3.63) is 46.2 Å². The van der Waals surface area contributed by atoms with Crippen LogP contribution < -0.4 is 14.8 Å². The van der Waals surface area contributed by atoms with E-state index in [4.69, 9.17) is 9.47 Å². The van der Waals surface area contributed by atoms with Gasteiger partial charge in [-0.3, -0.25) is 0 Å². The van der Waals surface area contributed by atoms with Crippen molar-refractivity contribution in [3.63, 3.8) is 0 Å². The van der Waals surface area contributed by atoms with E-state index in [9.17, 15) is 0 Å². The predicted molar refractivity (Wildman–Crippen MR) is 79.1 cm³/mol. The van der Waals surface area contributed by atoms with Gasteiger partial charge in [-0.15, -0.1) is 11.3 Å². The lowest BCUT2D eigenvalue weighted by Crippen LogP contribution is -2.12. The molecule has 3 nitrogen and oxygen atoms in total. The second-order valence-corrected chi connectivity index (χ2v) is 5.32. The average molecular weight is 277 g/mol. The maximum atomic E-state index is 5.81. The molecule has 0 spiro atoms. The van der Waals surface area contributed by atoms with Crippen LogP contribution in [0.4, 0.5) is 0 Å². The van der Waals surface area contributed by atoms with Crippen molar-refractivity contribution in [1.82, 2.24) is 5.32 Å². The molecule has 1 aromatic heterocycles. The molecule has 0 fully saturated rings. The SMILES string of the molecule is CNC(C)c1ccc(OCc2cccs2)c(OC)c1. The minimum absolute atomic E-state index is 0.292. The first-order valence-corrected chi connectivity index (χ1v) is 7.13. The van der Waals surface area contributed by atoms with Gasteiger partial charge in [0, 0.05) is 10.9 Å². The molecule has 4 heteroatoms. The Hall–Kier alpha value is -1.52. The first kappa shape index (κ1) is 13.9. The van der Waals surface area contributed by atoms with Crippen molar-refractivity contribution in [2.45, 2.75) is 19.6 Å². The van der Waals surface area contributed by atoms with Gasteiger partial charge in [0.05, 0.1) is 7.11 Å². The number of hydrogen-bond donors (Lipinski definition) is 1. The lowest BCUT2D eigenvalue weighted by atomic mass is 10.1. The molecule has 0 radical (unpaired) electrons. The highest BCUT2D eigenvalue weighted by Crippen LogP contribution is 2.31. The van der Waals surface area contributed by atoms with Gasteiger partial charge in [-0.05, 0) is 43.1 Å². The molecule has 1 unspecified atom stereocenters. The van der Waals surface area contributed by atoms with Gasteiger partial charge in [-0.2, -0.15) is 0 Å². The maximum absolute atomic E-state index is 5.81. The molecular weight excluding hydrogens is 258 g/mol. The van der Waals surface area contributed by atoms with Crippen molar-refractivity contribution >= 4 is 11.3 Å². The normalized spacial score (nSPS) is 12.2. The number of nitrogens with one attached hydrogen (secondary N) is 1. The predicted octanol–water partition coefficient (Wildman–Crippen LogP) is 3.62. The number of thiophene rings is 1. The van der Waals surface area contributed by atoms with E-state index in [1.54, 1.807) is 18.4 Å². The first-order chi connectivity index (χ1) is 9.24. The molecule has 1 heterocycles. The van der Waals surface area contributed by atoms with E-state index in [0.29, 0.717) is 12.6 Å². The fourth-order valence-corrected chi connectivity index (χ4v) is 2.40. The summed E-state index contributed by atoms with van der Waals surface area (Å²) in [4.78, 5) is 1.20. The van der Waals surface area contributed by atoms with E-state index in [1.807, 2.05) is 30.6 Å². The van der Waals surface area contributed by atoms with Gasteiger partial charge in [0.15, 0.2) is 11.5 Å². The Balaban J connectivity index is 2.11. The third kappa shape index (κ3) is 3.49. The summed E-state index contributed by atoms with van der Waals surface area (Å²) < 4.78 is 11.2. The summed E-state index contributed by atoms with van der Waals surface area (Å²) in [6.07, 6.45) is 0. The van der Waals surface area contributed by atoms with Gasteiger partial charge in [0.25, 0.3) is 0 Å². The number of methoxy groups -OCH3 is 1. The molecule has 0 amide bonds. The van der Waals surface area contributed by atoms with Crippen LogP contribution in [0.1, 0.15) is 23.4 Å². The van der Waals surface area contributed by atoms with Crippen molar-refractivity contribution < 1.29 is 9.47 Å². The molecule has 1 atom stereocenters. The molecule has 2 rings (SSSR count). The van der Waals surface area contributed by atoms with Crippen molar-refractivity contribution in [3.8, 4) is 11.5 Å². The van der Waals surface area contributed by atoms with Gasteiger partial charge in [-0.1, -0.05) is 12.1 Å². The minimum Gasteiger partial charge on any atom is -0.493 e. The van der Waals surface area contributed by atoms with Crippen LogP contribution >= 0.6 is 11.3 Å². The molecule has 0 aliphatic heterocycles. The molecule has 0 bridgehead atoms. The summed E-state index contributed by atoms with van der Waals surface area (Å²) in [5, 5.41) is 5.26. The molecule has 19 heavy (non-hydrogen) atoms. The van der Waals surface area contributed by atoms with Crippen molar-refractivity contribution in [1.29, 1.82) is 0 Å². The van der Waals surface area contributed by atoms with Crippen LogP contribution in [0.15, 0.2) is 35.7 Å². The third-order valence-corrected chi connectivity index (χ3v) is 3.92. The first-order valence-electron chi connectivity index (χ1n) is 6.25. The second-order valence-electron chi connectivity index (χ2n) is 4.29. The van der Waals surface area contributed by atoms with E-state index in [0.717, 1.165) is 11.5 Å². The lowest BCUT2D eigenvalue weighted by Gasteiger charge is -2.15. The summed E-state index contributed by atoms with van der Waals surface area (Å²) >= 11 is 1.69. The topological polar surface area (TPSA) is 30.5 Å². The zero-order chi connectivity index (χ0) is 13.7. The van der Waals surface area contributed by atoms with E-state index >= 15 is 0 Å². The monoisotopic (exact) mass is 277 g/mol. The Kier molecular flexibility index (Phi) is 4.82.